The zero-order valence-electron chi connectivity index (χ0n) is 26.5. The minimum absolute atomic E-state index is 0.0757. The van der Waals surface area contributed by atoms with E-state index in [9.17, 15) is 23.4 Å². The van der Waals surface area contributed by atoms with Gasteiger partial charge in [0.2, 0.25) is 0 Å². The number of nitrogens with one attached hydrogen (secondary N) is 2. The van der Waals surface area contributed by atoms with E-state index in [0.717, 1.165) is 73.1 Å². The van der Waals surface area contributed by atoms with Gasteiger partial charge in [-0.1, -0.05) is 64.4 Å². The van der Waals surface area contributed by atoms with Gasteiger partial charge in [0.1, 0.15) is 4.21 Å². The number of hydrogen-bond acceptors (Lipinski definition) is 6. The third-order valence-electron chi connectivity index (χ3n) is 12.9. The molecule has 0 radical (unpaired) electrons. The summed E-state index contributed by atoms with van der Waals surface area (Å²) in [5.41, 5.74) is 1.18. The number of benzene rings is 1. The SMILES string of the molecule is CC[C@H]1[C@@H](O)[C@H]2[C@@H]3CC[C@H]([C@H](C)CNC(=O)NS(=O)(=O)c4ccc(-c5ccccc5)s4)C3(C)CC[C@@H]2[C@@]2(C)CC[C@@H](O)C[C@@H]12. The summed E-state index contributed by atoms with van der Waals surface area (Å²) in [4.78, 5) is 13.7. The maximum absolute atomic E-state index is 13.0. The monoisotopic (exact) mass is 642 g/mol. The number of aliphatic hydroxyl groups excluding tert-OH is 2. The molecule has 1 unspecified atom stereocenters. The Morgan fingerprint density at radius 3 is 2.41 bits per heavy atom. The summed E-state index contributed by atoms with van der Waals surface area (Å²) in [5.74, 6) is 2.38. The van der Waals surface area contributed by atoms with E-state index in [1.54, 1.807) is 12.1 Å². The molecular weight excluding hydrogens is 593 g/mol. The van der Waals surface area contributed by atoms with E-state index in [4.69, 9.17) is 0 Å². The van der Waals surface area contributed by atoms with Crippen LogP contribution in [0.2, 0.25) is 0 Å². The van der Waals surface area contributed by atoms with Crippen LogP contribution in [-0.2, 0) is 10.0 Å². The van der Waals surface area contributed by atoms with Crippen LogP contribution in [0.15, 0.2) is 46.7 Å². The van der Waals surface area contributed by atoms with Crippen molar-refractivity contribution in [1.82, 2.24) is 10.0 Å². The van der Waals surface area contributed by atoms with Crippen LogP contribution in [-0.4, -0.2) is 43.4 Å². The molecule has 9 heteroatoms. The van der Waals surface area contributed by atoms with Crippen molar-refractivity contribution in [2.24, 2.45) is 52.3 Å². The molecule has 7 nitrogen and oxygen atoms in total. The van der Waals surface area contributed by atoms with Crippen LogP contribution in [0.4, 0.5) is 4.79 Å². The fourth-order valence-electron chi connectivity index (χ4n) is 10.8. The Morgan fingerprint density at radius 1 is 0.977 bits per heavy atom. The van der Waals surface area contributed by atoms with Crippen molar-refractivity contribution < 1.29 is 23.4 Å². The quantitative estimate of drug-likeness (QED) is 0.270. The van der Waals surface area contributed by atoms with Gasteiger partial charge in [-0.15, -0.1) is 11.3 Å². The van der Waals surface area contributed by atoms with E-state index >= 15 is 0 Å². The Balaban J connectivity index is 1.10. The molecule has 0 aliphatic heterocycles. The van der Waals surface area contributed by atoms with Gasteiger partial charge in [0.25, 0.3) is 10.0 Å². The van der Waals surface area contributed by atoms with Crippen LogP contribution in [0, 0.1) is 52.3 Å². The summed E-state index contributed by atoms with van der Waals surface area (Å²) >= 11 is 1.15. The molecule has 1 aromatic carbocycles. The van der Waals surface area contributed by atoms with E-state index in [2.05, 4.69) is 37.7 Å². The van der Waals surface area contributed by atoms with Gasteiger partial charge in [-0.25, -0.2) is 17.9 Å². The molecule has 2 aromatic rings. The van der Waals surface area contributed by atoms with Crippen molar-refractivity contribution >= 4 is 27.4 Å². The molecule has 44 heavy (non-hydrogen) atoms. The maximum atomic E-state index is 13.0. The van der Waals surface area contributed by atoms with Crippen LogP contribution in [0.1, 0.15) is 79.1 Å². The summed E-state index contributed by atoms with van der Waals surface area (Å²) in [6.45, 7) is 9.66. The van der Waals surface area contributed by atoms with Crippen LogP contribution in [0.5, 0.6) is 0 Å². The number of aliphatic hydroxyl groups is 2. The third-order valence-corrected chi connectivity index (χ3v) is 15.8. The molecule has 1 heterocycles. The highest BCUT2D eigenvalue weighted by Crippen LogP contribution is 2.69. The summed E-state index contributed by atoms with van der Waals surface area (Å²) < 4.78 is 28.3. The molecular formula is C35H50N2O5S2. The van der Waals surface area contributed by atoms with Gasteiger partial charge < -0.3 is 15.5 Å². The molecule has 4 saturated carbocycles. The number of carbonyl (C=O) groups excluding carboxylic acids is 1. The lowest BCUT2D eigenvalue weighted by Gasteiger charge is -2.64. The molecule has 0 bridgehead atoms. The molecule has 0 saturated heterocycles. The number of carbonyl (C=O) groups is 1. The largest absolute Gasteiger partial charge is 0.393 e. The van der Waals surface area contributed by atoms with Gasteiger partial charge in [-0.3, -0.25) is 0 Å². The standard InChI is InChI=1S/C35H50N2O5S2/c1-5-24-28-19-23(38)15-17-35(28,4)27-16-18-34(3)25(11-12-26(34)31(27)32(24)39)21(2)20-36-33(40)37-44(41,42)30-14-13-29(43-30)22-9-7-6-8-10-22/h6-10,13-14,21,23-28,31-32,38-39H,5,11-12,15-20H2,1-4H3,(H2,36,37,40)/t21-,23-,24-,25-,26+,27+,28+,31+,32-,34?,35-/m1/s1. The highest BCUT2D eigenvalue weighted by molar-refractivity contribution is 7.92. The second kappa shape index (κ2) is 12.0. The first-order valence-electron chi connectivity index (χ1n) is 16.7. The number of fused-ring (bicyclic) bond motifs is 5. The lowest BCUT2D eigenvalue weighted by Crippen LogP contribution is -2.62. The highest BCUT2D eigenvalue weighted by Gasteiger charge is 2.64. The molecule has 4 N–H and O–H groups in total. The molecule has 11 atom stereocenters. The normalized spacial score (nSPS) is 39.0. The first kappa shape index (κ1) is 32.0. The smallest absolute Gasteiger partial charge is 0.328 e. The number of thiophene rings is 1. The van der Waals surface area contributed by atoms with E-state index in [1.165, 1.54) is 0 Å². The van der Waals surface area contributed by atoms with Crippen LogP contribution >= 0.6 is 11.3 Å². The van der Waals surface area contributed by atoms with Gasteiger partial charge in [0.05, 0.1) is 12.2 Å². The molecule has 4 aliphatic carbocycles. The number of hydrogen-bond donors (Lipinski definition) is 4. The van der Waals surface area contributed by atoms with Crippen molar-refractivity contribution in [1.29, 1.82) is 0 Å². The fourth-order valence-corrected chi connectivity index (χ4v) is 13.0. The molecule has 4 fully saturated rings. The Bertz CT molecular complexity index is 1450. The summed E-state index contributed by atoms with van der Waals surface area (Å²) in [6, 6.07) is 12.2. The Labute approximate surface area is 267 Å². The van der Waals surface area contributed by atoms with Gasteiger partial charge in [-0.05, 0) is 115 Å². The topological polar surface area (TPSA) is 116 Å². The Kier molecular flexibility index (Phi) is 8.74. The lowest BCUT2D eigenvalue weighted by atomic mass is 9.41. The first-order valence-corrected chi connectivity index (χ1v) is 19.0. The molecule has 1 aromatic heterocycles. The van der Waals surface area contributed by atoms with Crippen LogP contribution < -0.4 is 10.0 Å². The van der Waals surface area contributed by atoms with Gasteiger partial charge >= 0.3 is 6.03 Å². The second-order valence-electron chi connectivity index (χ2n) is 14.9. The lowest BCUT2D eigenvalue weighted by molar-refractivity contribution is -0.203. The highest BCUT2D eigenvalue weighted by atomic mass is 32.2. The van der Waals surface area contributed by atoms with E-state index < -0.39 is 16.1 Å². The van der Waals surface area contributed by atoms with Gasteiger partial charge in [0.15, 0.2) is 0 Å². The zero-order valence-corrected chi connectivity index (χ0v) is 28.2. The van der Waals surface area contributed by atoms with E-state index in [1.807, 2.05) is 30.3 Å². The van der Waals surface area contributed by atoms with Crippen LogP contribution in [0.3, 0.4) is 0 Å². The number of urea groups is 1. The Morgan fingerprint density at radius 2 is 1.68 bits per heavy atom. The fraction of sp³-hybridized carbons (Fsp3) is 0.686. The van der Waals surface area contributed by atoms with Crippen molar-refractivity contribution in [3.8, 4) is 10.4 Å². The first-order chi connectivity index (χ1) is 20.9. The van der Waals surface area contributed by atoms with Crippen molar-refractivity contribution in [3.63, 3.8) is 0 Å². The molecule has 242 valence electrons. The minimum Gasteiger partial charge on any atom is -0.393 e. The van der Waals surface area contributed by atoms with Crippen molar-refractivity contribution in [2.75, 3.05) is 6.54 Å². The predicted molar refractivity (Wildman–Crippen MR) is 174 cm³/mol. The average molecular weight is 643 g/mol. The number of amides is 2. The zero-order chi connectivity index (χ0) is 31.4. The number of sulfonamides is 1. The molecule has 4 aliphatic rings. The molecule has 2 amide bonds. The minimum atomic E-state index is -3.98. The summed E-state index contributed by atoms with van der Waals surface area (Å²) in [6.07, 6.45) is 7.48. The Hall–Kier alpha value is -1.94. The second-order valence-corrected chi connectivity index (χ2v) is 17.9. The van der Waals surface area contributed by atoms with E-state index in [0.29, 0.717) is 30.2 Å². The third kappa shape index (κ3) is 5.43. The van der Waals surface area contributed by atoms with Gasteiger partial charge in [-0.2, -0.15) is 0 Å². The summed E-state index contributed by atoms with van der Waals surface area (Å²) in [5, 5.41) is 25.3. The van der Waals surface area contributed by atoms with Crippen LogP contribution in [0.25, 0.3) is 10.4 Å². The van der Waals surface area contributed by atoms with Crippen molar-refractivity contribution in [3.05, 3.63) is 42.5 Å². The van der Waals surface area contributed by atoms with Gasteiger partial charge in [0, 0.05) is 11.4 Å². The van der Waals surface area contributed by atoms with Crippen molar-refractivity contribution in [2.45, 2.75) is 95.5 Å². The maximum Gasteiger partial charge on any atom is 0.328 e. The van der Waals surface area contributed by atoms with E-state index in [-0.39, 0.29) is 45.0 Å². The molecule has 0 spiro atoms. The average Bonchev–Trinajstić information content (AvgIpc) is 3.63. The predicted octanol–water partition coefficient (Wildman–Crippen LogP) is 6.67. The summed E-state index contributed by atoms with van der Waals surface area (Å²) in [7, 11) is -3.98. The number of rotatable bonds is 7. The molecule has 6 rings (SSSR count).